The Balaban J connectivity index is 3.11. The van der Waals surface area contributed by atoms with Crippen LogP contribution >= 0.6 is 0 Å². The predicted octanol–water partition coefficient (Wildman–Crippen LogP) is -1.87. The average molecular weight is 211 g/mol. The number of aliphatic hydroxyl groups excluding tert-OH is 1. The molecule has 0 saturated heterocycles. The van der Waals surface area contributed by atoms with Gasteiger partial charge in [0.05, 0.1) is 19.2 Å². The quantitative estimate of drug-likeness (QED) is 0.542. The van der Waals surface area contributed by atoms with E-state index in [1.54, 1.807) is 0 Å². The molecule has 0 unspecified atom stereocenters. The van der Waals surface area contributed by atoms with Crippen LogP contribution in [0, 0.1) is 6.07 Å². The van der Waals surface area contributed by atoms with E-state index >= 15 is 0 Å². The third-order valence-corrected chi connectivity index (χ3v) is 1.70. The zero-order valence-corrected chi connectivity index (χ0v) is 8.15. The van der Waals surface area contributed by atoms with E-state index in [-0.39, 0.29) is 24.5 Å². The number of nitrogens with zero attached hydrogens (tertiary/aromatic N) is 2. The first-order valence-corrected chi connectivity index (χ1v) is 4.23. The van der Waals surface area contributed by atoms with Crippen molar-refractivity contribution in [3.63, 3.8) is 0 Å². The molecular formula is C8H11N4O3. The number of carbonyl (C=O) groups excluding carboxylic acids is 2. The van der Waals surface area contributed by atoms with Gasteiger partial charge in [0.1, 0.15) is 5.69 Å². The minimum atomic E-state index is -0.767. The molecule has 0 aliphatic rings. The van der Waals surface area contributed by atoms with Crippen molar-refractivity contribution in [3.05, 3.63) is 17.5 Å². The fourth-order valence-electron chi connectivity index (χ4n) is 1.03. The van der Waals surface area contributed by atoms with Crippen LogP contribution < -0.4 is 11.1 Å². The monoisotopic (exact) mass is 211 g/mol. The summed E-state index contributed by atoms with van der Waals surface area (Å²) in [5.41, 5.74) is 4.94. The maximum atomic E-state index is 11.3. The number of primary amides is 1. The van der Waals surface area contributed by atoms with Gasteiger partial charge >= 0.3 is 0 Å². The van der Waals surface area contributed by atoms with Gasteiger partial charge in [0, 0.05) is 7.05 Å². The fourth-order valence-corrected chi connectivity index (χ4v) is 1.03. The molecule has 7 heteroatoms. The van der Waals surface area contributed by atoms with Gasteiger partial charge < -0.3 is 16.2 Å². The highest BCUT2D eigenvalue weighted by Crippen LogP contribution is 2.02. The maximum absolute atomic E-state index is 11.3. The van der Waals surface area contributed by atoms with E-state index in [1.807, 2.05) is 0 Å². The SMILES string of the molecule is CNC(=O)c1[c]c(C(N)=O)nn1CCO. The lowest BCUT2D eigenvalue weighted by Crippen LogP contribution is -2.23. The van der Waals surface area contributed by atoms with E-state index < -0.39 is 11.8 Å². The van der Waals surface area contributed by atoms with Crippen molar-refractivity contribution in [1.82, 2.24) is 15.1 Å². The van der Waals surface area contributed by atoms with Crippen molar-refractivity contribution in [2.75, 3.05) is 13.7 Å². The van der Waals surface area contributed by atoms with Crippen LogP contribution in [0.1, 0.15) is 21.0 Å². The Labute approximate surface area is 85.9 Å². The molecule has 1 aromatic rings. The first-order chi connectivity index (χ1) is 7.10. The molecule has 1 aromatic heterocycles. The molecule has 7 nitrogen and oxygen atoms in total. The third kappa shape index (κ3) is 2.32. The molecule has 2 amide bonds. The van der Waals surface area contributed by atoms with Crippen LogP contribution in [0.2, 0.25) is 0 Å². The van der Waals surface area contributed by atoms with Gasteiger partial charge in [-0.2, -0.15) is 5.10 Å². The van der Waals surface area contributed by atoms with Crippen molar-refractivity contribution in [3.8, 4) is 0 Å². The van der Waals surface area contributed by atoms with E-state index in [1.165, 1.54) is 11.7 Å². The van der Waals surface area contributed by atoms with Gasteiger partial charge in [0.25, 0.3) is 11.8 Å². The summed E-state index contributed by atoms with van der Waals surface area (Å²) < 4.78 is 1.18. The van der Waals surface area contributed by atoms with Crippen LogP contribution in [0.25, 0.3) is 0 Å². The predicted molar refractivity (Wildman–Crippen MR) is 50.1 cm³/mol. The normalized spacial score (nSPS) is 10.0. The Kier molecular flexibility index (Phi) is 3.40. The smallest absolute Gasteiger partial charge is 0.269 e. The molecule has 0 fully saturated rings. The Hall–Kier alpha value is -1.89. The number of aromatic nitrogens is 2. The van der Waals surface area contributed by atoms with E-state index in [4.69, 9.17) is 10.8 Å². The number of carbonyl (C=O) groups is 2. The van der Waals surface area contributed by atoms with Crippen LogP contribution in [0.5, 0.6) is 0 Å². The van der Waals surface area contributed by atoms with Crippen molar-refractivity contribution in [2.24, 2.45) is 5.73 Å². The number of hydrogen-bond acceptors (Lipinski definition) is 4. The largest absolute Gasteiger partial charge is 0.394 e. The first-order valence-electron chi connectivity index (χ1n) is 4.23. The van der Waals surface area contributed by atoms with Gasteiger partial charge in [-0.3, -0.25) is 14.3 Å². The molecule has 0 spiro atoms. The Morgan fingerprint density at radius 1 is 1.67 bits per heavy atom. The fraction of sp³-hybridized carbons (Fsp3) is 0.375. The summed E-state index contributed by atoms with van der Waals surface area (Å²) in [5.74, 6) is -1.21. The summed E-state index contributed by atoms with van der Waals surface area (Å²) in [4.78, 5) is 22.1. The average Bonchev–Trinajstić information content (AvgIpc) is 2.61. The summed E-state index contributed by atoms with van der Waals surface area (Å²) in [6, 6.07) is 2.47. The molecule has 0 bridgehead atoms. The second-order valence-electron chi connectivity index (χ2n) is 2.71. The topological polar surface area (TPSA) is 110 Å². The summed E-state index contributed by atoms with van der Waals surface area (Å²) in [6.45, 7) is -0.0930. The van der Waals surface area contributed by atoms with Crippen molar-refractivity contribution >= 4 is 11.8 Å². The third-order valence-electron chi connectivity index (χ3n) is 1.70. The standard InChI is InChI=1S/C8H11N4O3/c1-10-8(15)6-4-5(7(9)14)11-12(6)2-3-13/h13H,2-3H2,1H3,(H2,9,14)(H,10,15). The molecule has 81 valence electrons. The van der Waals surface area contributed by atoms with Crippen LogP contribution in [0.15, 0.2) is 0 Å². The Bertz CT molecular complexity index is 385. The molecule has 1 radical (unpaired) electrons. The maximum Gasteiger partial charge on any atom is 0.269 e. The lowest BCUT2D eigenvalue weighted by molar-refractivity contribution is 0.0949. The zero-order valence-electron chi connectivity index (χ0n) is 8.15. The lowest BCUT2D eigenvalue weighted by Gasteiger charge is -2.02. The zero-order chi connectivity index (χ0) is 11.4. The number of amides is 2. The number of rotatable bonds is 4. The van der Waals surface area contributed by atoms with Gasteiger partial charge in [-0.15, -0.1) is 0 Å². The first kappa shape index (κ1) is 11.2. The van der Waals surface area contributed by atoms with Gasteiger partial charge in [-0.25, -0.2) is 0 Å². The lowest BCUT2D eigenvalue weighted by atomic mass is 10.3. The molecular weight excluding hydrogens is 200 g/mol. The molecule has 0 atom stereocenters. The molecule has 15 heavy (non-hydrogen) atoms. The van der Waals surface area contributed by atoms with Gasteiger partial charge in [-0.05, 0) is 0 Å². The van der Waals surface area contributed by atoms with Crippen molar-refractivity contribution in [1.29, 1.82) is 0 Å². The van der Waals surface area contributed by atoms with Gasteiger partial charge in [0.15, 0.2) is 5.69 Å². The second kappa shape index (κ2) is 4.56. The van der Waals surface area contributed by atoms with Crippen molar-refractivity contribution < 1.29 is 14.7 Å². The minimum Gasteiger partial charge on any atom is -0.394 e. The van der Waals surface area contributed by atoms with Crippen LogP contribution in [0.3, 0.4) is 0 Å². The van der Waals surface area contributed by atoms with Gasteiger partial charge in [0.2, 0.25) is 0 Å². The van der Waals surface area contributed by atoms with Crippen LogP contribution in [0.4, 0.5) is 0 Å². The molecule has 0 aliphatic heterocycles. The van der Waals surface area contributed by atoms with E-state index in [0.717, 1.165) is 0 Å². The highest BCUT2D eigenvalue weighted by molar-refractivity contribution is 5.96. The van der Waals surface area contributed by atoms with E-state index in [0.29, 0.717) is 0 Å². The highest BCUT2D eigenvalue weighted by atomic mass is 16.3. The number of nitrogens with one attached hydrogen (secondary N) is 1. The highest BCUT2D eigenvalue weighted by Gasteiger charge is 2.16. The second-order valence-corrected chi connectivity index (χ2v) is 2.71. The molecule has 4 N–H and O–H groups in total. The van der Waals surface area contributed by atoms with E-state index in [2.05, 4.69) is 16.5 Å². The molecule has 1 heterocycles. The summed E-state index contributed by atoms with van der Waals surface area (Å²) in [5, 5.41) is 14.8. The summed E-state index contributed by atoms with van der Waals surface area (Å²) in [7, 11) is 1.44. The van der Waals surface area contributed by atoms with Gasteiger partial charge in [-0.1, -0.05) is 0 Å². The number of nitrogens with two attached hydrogens (primary N) is 1. The Morgan fingerprint density at radius 3 is 2.80 bits per heavy atom. The number of hydrogen-bond donors (Lipinski definition) is 3. The summed E-state index contributed by atoms with van der Waals surface area (Å²) in [6.07, 6.45) is 0. The van der Waals surface area contributed by atoms with Crippen LogP contribution in [-0.2, 0) is 6.54 Å². The summed E-state index contributed by atoms with van der Waals surface area (Å²) >= 11 is 0. The molecule has 0 aromatic carbocycles. The van der Waals surface area contributed by atoms with E-state index in [9.17, 15) is 9.59 Å². The van der Waals surface area contributed by atoms with Crippen molar-refractivity contribution in [2.45, 2.75) is 6.54 Å². The minimum absolute atomic E-state index is 0.0698. The number of aliphatic hydroxyl groups is 1. The van der Waals surface area contributed by atoms with Crippen LogP contribution in [-0.4, -0.2) is 40.4 Å². The molecule has 0 saturated carbocycles. The molecule has 0 aliphatic carbocycles. The molecule has 1 rings (SSSR count). The Morgan fingerprint density at radius 2 is 2.33 bits per heavy atom.